The van der Waals surface area contributed by atoms with Crippen LogP contribution in [0, 0.1) is 5.82 Å². The minimum absolute atomic E-state index is 0.0885. The van der Waals surface area contributed by atoms with Crippen LogP contribution in [-0.2, 0) is 16.2 Å². The van der Waals surface area contributed by atoms with Gasteiger partial charge in [0.25, 0.3) is 0 Å². The molecule has 1 saturated heterocycles. The van der Waals surface area contributed by atoms with Crippen molar-refractivity contribution in [2.24, 2.45) is 0 Å². The molecule has 3 rings (SSSR count). The van der Waals surface area contributed by atoms with Crippen molar-refractivity contribution in [1.82, 2.24) is 9.29 Å². The van der Waals surface area contributed by atoms with E-state index < -0.39 is 33.7 Å². The second kappa shape index (κ2) is 6.97. The number of methoxy groups -OCH3 is 1. The number of benzene rings is 1. The highest BCUT2D eigenvalue weighted by molar-refractivity contribution is 7.89. The maximum absolute atomic E-state index is 13.7. The zero-order valence-corrected chi connectivity index (χ0v) is 14.7. The Bertz CT molecular complexity index is 944. The Hall–Kier alpha value is -2.40. The van der Waals surface area contributed by atoms with Crippen LogP contribution in [0.2, 0.25) is 0 Å². The van der Waals surface area contributed by atoms with Crippen molar-refractivity contribution < 1.29 is 35.5 Å². The molecule has 6 nitrogen and oxygen atoms in total. The summed E-state index contributed by atoms with van der Waals surface area (Å²) in [5.74, 6) is -1.16. The third kappa shape index (κ3) is 3.98. The number of nitrogens with zero attached hydrogens (tertiary/aromatic N) is 2. The summed E-state index contributed by atoms with van der Waals surface area (Å²) in [6.07, 6.45) is -4.22. The van der Waals surface area contributed by atoms with Crippen LogP contribution in [-0.4, -0.2) is 44.0 Å². The van der Waals surface area contributed by atoms with E-state index in [0.29, 0.717) is 0 Å². The maximum Gasteiger partial charge on any atom is 0.416 e. The lowest BCUT2D eigenvalue weighted by atomic mass is 10.2. The summed E-state index contributed by atoms with van der Waals surface area (Å²) in [5.41, 5.74) is -0.912. The molecule has 0 amide bonds. The molecule has 0 spiro atoms. The van der Waals surface area contributed by atoms with E-state index in [1.54, 1.807) is 0 Å². The summed E-state index contributed by atoms with van der Waals surface area (Å²) in [5, 5.41) is 0. The van der Waals surface area contributed by atoms with Crippen molar-refractivity contribution in [3.05, 3.63) is 47.9 Å². The molecule has 0 aliphatic carbocycles. The molecular weight excluding hydrogens is 392 g/mol. The quantitative estimate of drug-likeness (QED) is 0.715. The van der Waals surface area contributed by atoms with Crippen LogP contribution in [0.15, 0.2) is 41.4 Å². The smallest absolute Gasteiger partial charge is 0.416 e. The van der Waals surface area contributed by atoms with E-state index in [4.69, 9.17) is 9.47 Å². The Morgan fingerprint density at radius 1 is 1.19 bits per heavy atom. The number of aromatic nitrogens is 1. The molecule has 0 radical (unpaired) electrons. The summed E-state index contributed by atoms with van der Waals surface area (Å²) < 4.78 is 87.7. The zero-order valence-electron chi connectivity index (χ0n) is 13.9. The van der Waals surface area contributed by atoms with Gasteiger partial charge < -0.3 is 9.47 Å². The summed E-state index contributed by atoms with van der Waals surface area (Å²) in [6.45, 7) is -0.179. The Kier molecular flexibility index (Phi) is 5.00. The van der Waals surface area contributed by atoms with Gasteiger partial charge in [0.15, 0.2) is 11.6 Å². The van der Waals surface area contributed by atoms with Gasteiger partial charge in [0, 0.05) is 12.3 Å². The lowest BCUT2D eigenvalue weighted by Crippen LogP contribution is -2.56. The predicted molar refractivity (Wildman–Crippen MR) is 85.4 cm³/mol. The first-order chi connectivity index (χ1) is 12.6. The first kappa shape index (κ1) is 19.4. The van der Waals surface area contributed by atoms with Crippen molar-refractivity contribution >= 4 is 10.0 Å². The van der Waals surface area contributed by atoms with Crippen LogP contribution >= 0.6 is 0 Å². The number of pyridine rings is 1. The number of ether oxygens (including phenoxy) is 2. The minimum atomic E-state index is -4.53. The molecule has 1 aromatic heterocycles. The van der Waals surface area contributed by atoms with Crippen LogP contribution < -0.4 is 9.47 Å². The third-order valence-electron chi connectivity index (χ3n) is 3.93. The highest BCUT2D eigenvalue weighted by Crippen LogP contribution is 2.31. The SMILES string of the molecule is COc1ccc(S(=O)(=O)N2CC(Oc3cc(C(F)(F)F)ccn3)C2)cc1F. The first-order valence-electron chi connectivity index (χ1n) is 7.65. The van der Waals surface area contributed by atoms with Crippen LogP contribution in [0.3, 0.4) is 0 Å². The van der Waals surface area contributed by atoms with Crippen molar-refractivity contribution in [2.45, 2.75) is 17.2 Å². The molecule has 1 fully saturated rings. The fourth-order valence-electron chi connectivity index (χ4n) is 2.45. The van der Waals surface area contributed by atoms with E-state index in [0.717, 1.165) is 28.7 Å². The number of sulfonamides is 1. The molecule has 2 aromatic rings. The van der Waals surface area contributed by atoms with E-state index in [-0.39, 0.29) is 29.6 Å². The van der Waals surface area contributed by atoms with Gasteiger partial charge in [0.05, 0.1) is 30.7 Å². The van der Waals surface area contributed by atoms with Gasteiger partial charge in [-0.05, 0) is 24.3 Å². The number of hydrogen-bond acceptors (Lipinski definition) is 5. The van der Waals surface area contributed by atoms with Crippen molar-refractivity contribution in [2.75, 3.05) is 20.2 Å². The first-order valence-corrected chi connectivity index (χ1v) is 9.09. The van der Waals surface area contributed by atoms with E-state index in [9.17, 15) is 26.0 Å². The van der Waals surface area contributed by atoms with Crippen LogP contribution in [0.4, 0.5) is 17.6 Å². The highest BCUT2D eigenvalue weighted by Gasteiger charge is 2.39. The standard InChI is InChI=1S/C16H14F4N2O4S/c1-25-14-3-2-12(7-13(14)17)27(23,24)22-8-11(9-22)26-15-6-10(4-5-21-15)16(18,19)20/h2-7,11H,8-9H2,1H3. The number of halogens is 4. The van der Waals surface area contributed by atoms with Gasteiger partial charge in [0.1, 0.15) is 6.10 Å². The highest BCUT2D eigenvalue weighted by atomic mass is 32.2. The zero-order chi connectivity index (χ0) is 19.8. The summed E-state index contributed by atoms with van der Waals surface area (Å²) in [4.78, 5) is 3.44. The Balaban J connectivity index is 1.66. The Labute approximate surface area is 152 Å². The summed E-state index contributed by atoms with van der Waals surface area (Å²) >= 11 is 0. The van der Waals surface area contributed by atoms with Gasteiger partial charge in [-0.25, -0.2) is 17.8 Å². The lowest BCUT2D eigenvalue weighted by molar-refractivity contribution is -0.137. The molecule has 0 saturated carbocycles. The number of alkyl halides is 3. The van der Waals surface area contributed by atoms with Crippen LogP contribution in [0.5, 0.6) is 11.6 Å². The Morgan fingerprint density at radius 2 is 1.89 bits per heavy atom. The topological polar surface area (TPSA) is 68.7 Å². The predicted octanol–water partition coefficient (Wildman–Crippen LogP) is 2.70. The van der Waals surface area contributed by atoms with Gasteiger partial charge in [0.2, 0.25) is 15.9 Å². The van der Waals surface area contributed by atoms with Crippen LogP contribution in [0.25, 0.3) is 0 Å². The van der Waals surface area contributed by atoms with Crippen molar-refractivity contribution in [3.8, 4) is 11.6 Å². The minimum Gasteiger partial charge on any atom is -0.494 e. The van der Waals surface area contributed by atoms with Gasteiger partial charge in [-0.2, -0.15) is 17.5 Å². The summed E-state index contributed by atoms with van der Waals surface area (Å²) in [6, 6.07) is 4.80. The fourth-order valence-corrected chi connectivity index (χ4v) is 3.96. The third-order valence-corrected chi connectivity index (χ3v) is 5.75. The molecule has 0 unspecified atom stereocenters. The second-order valence-corrected chi connectivity index (χ2v) is 7.68. The van der Waals surface area contributed by atoms with E-state index in [1.807, 2.05) is 0 Å². The normalized spacial score (nSPS) is 16.0. The molecule has 146 valence electrons. The molecular formula is C16H14F4N2O4S. The molecule has 2 heterocycles. The van der Waals surface area contributed by atoms with E-state index >= 15 is 0 Å². The van der Waals surface area contributed by atoms with Crippen molar-refractivity contribution in [1.29, 1.82) is 0 Å². The molecule has 0 bridgehead atoms. The average Bonchev–Trinajstić information content (AvgIpc) is 2.57. The maximum atomic E-state index is 13.7. The number of rotatable bonds is 5. The second-order valence-electron chi connectivity index (χ2n) is 5.74. The van der Waals surface area contributed by atoms with Gasteiger partial charge in [-0.3, -0.25) is 0 Å². The van der Waals surface area contributed by atoms with Gasteiger partial charge >= 0.3 is 6.18 Å². The lowest BCUT2D eigenvalue weighted by Gasteiger charge is -2.37. The van der Waals surface area contributed by atoms with E-state index in [1.165, 1.54) is 19.2 Å². The molecule has 1 aliphatic rings. The molecule has 0 N–H and O–H groups in total. The number of hydrogen-bond donors (Lipinski definition) is 0. The molecule has 27 heavy (non-hydrogen) atoms. The van der Waals surface area contributed by atoms with Crippen LogP contribution in [0.1, 0.15) is 5.56 Å². The monoisotopic (exact) mass is 406 g/mol. The van der Waals surface area contributed by atoms with Crippen molar-refractivity contribution in [3.63, 3.8) is 0 Å². The fraction of sp³-hybridized carbons (Fsp3) is 0.312. The molecule has 0 atom stereocenters. The molecule has 1 aromatic carbocycles. The molecule has 1 aliphatic heterocycles. The largest absolute Gasteiger partial charge is 0.494 e. The van der Waals surface area contributed by atoms with E-state index in [2.05, 4.69) is 4.98 Å². The summed E-state index contributed by atoms with van der Waals surface area (Å²) in [7, 11) is -2.69. The van der Waals surface area contributed by atoms with Gasteiger partial charge in [-0.15, -0.1) is 0 Å². The Morgan fingerprint density at radius 3 is 2.48 bits per heavy atom. The average molecular weight is 406 g/mol. The molecule has 11 heteroatoms. The van der Waals surface area contributed by atoms with Gasteiger partial charge in [-0.1, -0.05) is 0 Å².